The number of amides is 1. The van der Waals surface area contributed by atoms with Gasteiger partial charge in [-0.25, -0.2) is 9.97 Å². The molecule has 3 N–H and O–H groups in total. The molecule has 44 heavy (non-hydrogen) atoms. The maximum Gasteiger partial charge on any atom is 0.307 e. The molecule has 0 aliphatic carbocycles. The Kier molecular flexibility index (Phi) is 10.4. The minimum absolute atomic E-state index is 0.0300. The highest BCUT2D eigenvalue weighted by Gasteiger charge is 2.28. The van der Waals surface area contributed by atoms with E-state index in [0.717, 1.165) is 52.8 Å². The van der Waals surface area contributed by atoms with Gasteiger partial charge in [-0.2, -0.15) is 0 Å². The van der Waals surface area contributed by atoms with Crippen LogP contribution in [0.5, 0.6) is 0 Å². The Hall–Kier alpha value is -4.06. The molecule has 0 radical (unpaired) electrons. The number of carboxylic acid groups (broad SMARTS) is 1. The van der Waals surface area contributed by atoms with Crippen LogP contribution in [-0.2, 0) is 45.0 Å². The summed E-state index contributed by atoms with van der Waals surface area (Å²) in [6.45, 7) is 3.98. The summed E-state index contributed by atoms with van der Waals surface area (Å²) in [6, 6.07) is 15.6. The lowest BCUT2D eigenvalue weighted by Crippen LogP contribution is -2.43. The summed E-state index contributed by atoms with van der Waals surface area (Å²) in [5.74, 6) is 0.471. The van der Waals surface area contributed by atoms with Crippen molar-refractivity contribution in [1.82, 2.24) is 24.3 Å². The number of hydrogen-bond donors (Lipinski definition) is 2. The summed E-state index contributed by atoms with van der Waals surface area (Å²) in [4.78, 5) is 38.5. The summed E-state index contributed by atoms with van der Waals surface area (Å²) in [5, 5.41) is 10.1. The van der Waals surface area contributed by atoms with E-state index in [2.05, 4.69) is 14.5 Å². The van der Waals surface area contributed by atoms with Gasteiger partial charge >= 0.3 is 5.97 Å². The molecule has 1 aliphatic heterocycles. The van der Waals surface area contributed by atoms with Crippen LogP contribution in [0, 0.1) is 0 Å². The maximum absolute atomic E-state index is 13.8. The van der Waals surface area contributed by atoms with E-state index in [1.807, 2.05) is 53.4 Å². The number of aromatic nitrogens is 3. The number of carbonyl (C=O) groups excluding carboxylic acids is 1. The summed E-state index contributed by atoms with van der Waals surface area (Å²) in [5.41, 5.74) is 10.5. The third kappa shape index (κ3) is 7.35. The number of hydrogen-bond acceptors (Lipinski definition) is 8. The highest BCUT2D eigenvalue weighted by Crippen LogP contribution is 2.29. The van der Waals surface area contributed by atoms with Gasteiger partial charge in [0.2, 0.25) is 5.91 Å². The Balaban J connectivity index is 1.38. The number of fused-ring (bicyclic) bond motifs is 3. The lowest BCUT2D eigenvalue weighted by molar-refractivity contribution is -0.136. The number of anilines is 1. The highest BCUT2D eigenvalue weighted by molar-refractivity contribution is 6.06. The van der Waals surface area contributed by atoms with E-state index in [0.29, 0.717) is 63.6 Å². The molecule has 1 amide bonds. The fourth-order valence-electron chi connectivity index (χ4n) is 6.16. The molecule has 5 rings (SSSR count). The molecule has 4 aromatic rings. The second kappa shape index (κ2) is 14.6. The molecular formula is C33H42N6O5. The van der Waals surface area contributed by atoms with E-state index in [4.69, 9.17) is 25.3 Å². The fourth-order valence-corrected chi connectivity index (χ4v) is 6.16. The summed E-state index contributed by atoms with van der Waals surface area (Å²) < 4.78 is 13.0. The van der Waals surface area contributed by atoms with Gasteiger partial charge in [-0.05, 0) is 43.0 Å². The van der Waals surface area contributed by atoms with Crippen molar-refractivity contribution in [2.75, 3.05) is 52.8 Å². The van der Waals surface area contributed by atoms with Gasteiger partial charge in [0.1, 0.15) is 11.3 Å². The average molecular weight is 603 g/mol. The van der Waals surface area contributed by atoms with Gasteiger partial charge in [-0.3, -0.25) is 14.5 Å². The number of carbonyl (C=O) groups is 2. The van der Waals surface area contributed by atoms with Crippen LogP contribution in [0.3, 0.4) is 0 Å². The quantitative estimate of drug-likeness (QED) is 0.210. The van der Waals surface area contributed by atoms with Crippen LogP contribution in [0.4, 0.5) is 5.82 Å². The van der Waals surface area contributed by atoms with Crippen molar-refractivity contribution in [1.29, 1.82) is 0 Å². The summed E-state index contributed by atoms with van der Waals surface area (Å²) >= 11 is 0. The highest BCUT2D eigenvalue weighted by atomic mass is 16.5. The van der Waals surface area contributed by atoms with E-state index < -0.39 is 5.97 Å². The van der Waals surface area contributed by atoms with Crippen LogP contribution in [-0.4, -0.2) is 94.4 Å². The Morgan fingerprint density at radius 3 is 2.59 bits per heavy atom. The van der Waals surface area contributed by atoms with E-state index in [1.54, 1.807) is 14.2 Å². The number of aliphatic carboxylic acids is 1. The first-order valence-corrected chi connectivity index (χ1v) is 15.2. The lowest BCUT2D eigenvalue weighted by Gasteiger charge is -2.28. The minimum atomic E-state index is -0.868. The number of likely N-dealkylation sites (tertiary alicyclic amines) is 1. The fraction of sp³-hybridized carbons (Fsp3) is 0.455. The number of ether oxygens (including phenoxy) is 2. The van der Waals surface area contributed by atoms with Crippen molar-refractivity contribution in [2.45, 2.75) is 51.2 Å². The molecule has 1 saturated heterocycles. The molecule has 11 nitrogen and oxygen atoms in total. The zero-order chi connectivity index (χ0) is 31.1. The number of para-hydroxylation sites is 1. The Bertz CT molecular complexity index is 1590. The van der Waals surface area contributed by atoms with Gasteiger partial charge in [0.05, 0.1) is 37.2 Å². The monoisotopic (exact) mass is 602 g/mol. The molecule has 2 aromatic carbocycles. The predicted octanol–water partition coefficient (Wildman–Crippen LogP) is 3.51. The largest absolute Gasteiger partial charge is 0.481 e. The summed E-state index contributed by atoms with van der Waals surface area (Å²) in [7, 11) is 3.37. The Morgan fingerprint density at radius 2 is 1.84 bits per heavy atom. The average Bonchev–Trinajstić information content (AvgIpc) is 3.61. The number of imidazole rings is 1. The number of aryl methyl sites for hydroxylation is 1. The molecular weight excluding hydrogens is 560 g/mol. The van der Waals surface area contributed by atoms with Crippen LogP contribution >= 0.6 is 0 Å². The number of pyridine rings is 1. The minimum Gasteiger partial charge on any atom is -0.481 e. The van der Waals surface area contributed by atoms with Crippen molar-refractivity contribution in [3.8, 4) is 0 Å². The first-order valence-electron chi connectivity index (χ1n) is 15.2. The molecule has 0 saturated carbocycles. The van der Waals surface area contributed by atoms with Crippen LogP contribution in [0.1, 0.15) is 36.2 Å². The number of rotatable bonds is 15. The van der Waals surface area contributed by atoms with E-state index in [-0.39, 0.29) is 18.4 Å². The normalized spacial score (nSPS) is 15.4. The first-order chi connectivity index (χ1) is 21.4. The number of carboxylic acids is 1. The summed E-state index contributed by atoms with van der Waals surface area (Å²) in [6.07, 6.45) is 3.37. The third-order valence-corrected chi connectivity index (χ3v) is 8.33. The van der Waals surface area contributed by atoms with Crippen molar-refractivity contribution in [3.05, 3.63) is 65.5 Å². The van der Waals surface area contributed by atoms with Gasteiger partial charge in [0.15, 0.2) is 5.82 Å². The molecule has 11 heteroatoms. The van der Waals surface area contributed by atoms with Crippen LogP contribution < -0.4 is 5.73 Å². The topological polar surface area (TPSA) is 136 Å². The van der Waals surface area contributed by atoms with Crippen molar-refractivity contribution in [2.24, 2.45) is 0 Å². The predicted molar refractivity (Wildman–Crippen MR) is 169 cm³/mol. The third-order valence-electron chi connectivity index (χ3n) is 8.33. The SMILES string of the molecule is COCCc1nc2c(N)nc3ccccc3c2n1CCCN(Cc1ccc(CC(=O)O)cc1)C(=O)CN1CCCC1COC. The van der Waals surface area contributed by atoms with E-state index in [9.17, 15) is 9.59 Å². The smallest absolute Gasteiger partial charge is 0.307 e. The van der Waals surface area contributed by atoms with Crippen molar-refractivity contribution in [3.63, 3.8) is 0 Å². The Labute approximate surface area is 257 Å². The molecule has 2 aromatic heterocycles. The molecule has 1 aliphatic rings. The second-order valence-electron chi connectivity index (χ2n) is 11.4. The van der Waals surface area contributed by atoms with Crippen LogP contribution in [0.2, 0.25) is 0 Å². The first kappa shape index (κ1) is 31.4. The molecule has 0 spiro atoms. The number of nitrogens with zero attached hydrogens (tertiary/aromatic N) is 5. The molecule has 1 fully saturated rings. The van der Waals surface area contributed by atoms with Crippen molar-refractivity contribution >= 4 is 39.6 Å². The number of methoxy groups -OCH3 is 2. The van der Waals surface area contributed by atoms with Gasteiger partial charge in [-0.1, -0.05) is 42.5 Å². The van der Waals surface area contributed by atoms with Gasteiger partial charge in [-0.15, -0.1) is 0 Å². The number of benzene rings is 2. The van der Waals surface area contributed by atoms with E-state index in [1.165, 1.54) is 0 Å². The van der Waals surface area contributed by atoms with Crippen molar-refractivity contribution < 1.29 is 24.2 Å². The molecule has 0 bridgehead atoms. The Morgan fingerprint density at radius 1 is 1.07 bits per heavy atom. The van der Waals surface area contributed by atoms with Crippen LogP contribution in [0.15, 0.2) is 48.5 Å². The van der Waals surface area contributed by atoms with Crippen LogP contribution in [0.25, 0.3) is 21.9 Å². The van der Waals surface area contributed by atoms with E-state index >= 15 is 0 Å². The molecule has 3 heterocycles. The molecule has 234 valence electrons. The zero-order valence-corrected chi connectivity index (χ0v) is 25.6. The maximum atomic E-state index is 13.8. The molecule has 1 atom stereocenters. The standard InChI is InChI=1S/C33H42N6O5/c1-43-18-14-28-36-31-32(26-8-3-4-9-27(26)35-33(31)34)39(28)17-6-16-38(20-24-12-10-23(11-13-24)19-30(41)42)29(40)21-37-15-5-7-25(37)22-44-2/h3-4,8-13,25H,5-7,14-22H2,1-2H3,(H2,34,35)(H,41,42). The number of nitrogens with two attached hydrogens (primary N) is 1. The van der Waals surface area contributed by atoms with Gasteiger partial charge < -0.3 is 29.8 Å². The lowest BCUT2D eigenvalue weighted by atomic mass is 10.1. The number of nitrogen functional groups attached to an aromatic ring is 1. The second-order valence-corrected chi connectivity index (χ2v) is 11.4. The molecule has 1 unspecified atom stereocenters. The van der Waals surface area contributed by atoms with Gasteiger partial charge in [0.25, 0.3) is 0 Å². The zero-order valence-electron chi connectivity index (χ0n) is 25.6. The van der Waals surface area contributed by atoms with Gasteiger partial charge in [0, 0.05) is 51.7 Å².